The average Bonchev–Trinajstić information content (AvgIpc) is 2.71. The number of rotatable bonds is 8. The van der Waals surface area contributed by atoms with Gasteiger partial charge in [-0.15, -0.1) is 0 Å². The lowest BCUT2D eigenvalue weighted by atomic mass is 9.78. The molecule has 27 heavy (non-hydrogen) atoms. The molecule has 0 amide bonds. The maximum Gasteiger partial charge on any atom is 0.108 e. The van der Waals surface area contributed by atoms with Crippen molar-refractivity contribution in [3.8, 4) is 0 Å². The lowest BCUT2D eigenvalue weighted by Gasteiger charge is -2.35. The topological polar surface area (TPSA) is 41.5 Å². The quantitative estimate of drug-likeness (QED) is 0.718. The summed E-state index contributed by atoms with van der Waals surface area (Å²) in [6.45, 7) is 5.56. The molecular weight excluding hydrogens is 334 g/mol. The fourth-order valence-electron chi connectivity index (χ4n) is 4.06. The minimum atomic E-state index is -0.510. The minimum absolute atomic E-state index is 0.157. The summed E-state index contributed by atoms with van der Waals surface area (Å²) in [6.07, 6.45) is 3.14. The number of aliphatic hydroxyl groups is 1. The van der Waals surface area contributed by atoms with Crippen LogP contribution >= 0.6 is 0 Å². The van der Waals surface area contributed by atoms with Crippen molar-refractivity contribution in [3.05, 3.63) is 71.8 Å². The van der Waals surface area contributed by atoms with E-state index in [1.54, 1.807) is 0 Å². The summed E-state index contributed by atoms with van der Waals surface area (Å²) in [5.74, 6) is 1.42. The second kappa shape index (κ2) is 10.0. The van der Waals surface area contributed by atoms with Crippen LogP contribution in [0, 0.1) is 11.8 Å². The molecule has 4 atom stereocenters. The van der Waals surface area contributed by atoms with E-state index < -0.39 is 6.10 Å². The Labute approximate surface area is 163 Å². The van der Waals surface area contributed by atoms with Gasteiger partial charge >= 0.3 is 0 Å². The molecule has 0 aromatic heterocycles. The van der Waals surface area contributed by atoms with Crippen molar-refractivity contribution in [2.75, 3.05) is 13.2 Å². The van der Waals surface area contributed by atoms with Crippen molar-refractivity contribution >= 4 is 0 Å². The fraction of sp³-hybridized carbons (Fsp3) is 0.500. The molecule has 1 fully saturated rings. The maximum absolute atomic E-state index is 10.5. The normalized spacial score (nSPS) is 24.1. The van der Waals surface area contributed by atoms with Gasteiger partial charge in [-0.3, -0.25) is 0 Å². The van der Waals surface area contributed by atoms with E-state index in [0.29, 0.717) is 25.1 Å². The molecule has 3 heteroatoms. The first-order valence-electron chi connectivity index (χ1n) is 10.3. The van der Waals surface area contributed by atoms with E-state index in [2.05, 4.69) is 43.4 Å². The van der Waals surface area contributed by atoms with Gasteiger partial charge in [-0.2, -0.15) is 0 Å². The summed E-state index contributed by atoms with van der Waals surface area (Å²) in [4.78, 5) is 0. The van der Waals surface area contributed by atoms with Gasteiger partial charge in [-0.25, -0.2) is 0 Å². The second-order valence-corrected chi connectivity index (χ2v) is 7.97. The van der Waals surface area contributed by atoms with Crippen LogP contribution in [0.25, 0.3) is 0 Å². The molecule has 0 bridgehead atoms. The highest BCUT2D eigenvalue weighted by Gasteiger charge is 2.27. The van der Waals surface area contributed by atoms with Gasteiger partial charge in [0.25, 0.3) is 0 Å². The summed E-state index contributed by atoms with van der Waals surface area (Å²) < 4.78 is 6.17. The predicted molar refractivity (Wildman–Crippen MR) is 111 cm³/mol. The van der Waals surface area contributed by atoms with E-state index in [1.807, 2.05) is 36.4 Å². The Bertz CT molecular complexity index is 621. The average molecular weight is 368 g/mol. The summed E-state index contributed by atoms with van der Waals surface area (Å²) in [5.41, 5.74) is 2.22. The van der Waals surface area contributed by atoms with Crippen molar-refractivity contribution in [1.82, 2.24) is 5.32 Å². The van der Waals surface area contributed by atoms with E-state index >= 15 is 0 Å². The molecule has 1 saturated carbocycles. The SMILES string of the molecule is CC1CCCC(NCC(O)COC(c2ccccc2)c2ccccc2)C1C. The van der Waals surface area contributed by atoms with Gasteiger partial charge in [0.05, 0.1) is 12.7 Å². The summed E-state index contributed by atoms with van der Waals surface area (Å²) >= 11 is 0. The molecule has 2 aromatic rings. The Kier molecular flexibility index (Phi) is 7.45. The van der Waals surface area contributed by atoms with Gasteiger partial charge in [0.1, 0.15) is 6.10 Å². The number of nitrogens with one attached hydrogen (secondary N) is 1. The first kappa shape index (κ1) is 20.1. The Hall–Kier alpha value is -1.68. The first-order valence-corrected chi connectivity index (χ1v) is 10.3. The zero-order valence-electron chi connectivity index (χ0n) is 16.6. The largest absolute Gasteiger partial charge is 0.389 e. The Balaban J connectivity index is 1.55. The summed E-state index contributed by atoms with van der Waals surface area (Å²) in [5, 5.41) is 14.1. The molecule has 1 aliphatic carbocycles. The lowest BCUT2D eigenvalue weighted by Crippen LogP contribution is -2.44. The number of ether oxygens (including phenoxy) is 1. The van der Waals surface area contributed by atoms with Crippen LogP contribution < -0.4 is 5.32 Å². The summed E-state index contributed by atoms with van der Waals surface area (Å²) in [6, 6.07) is 20.9. The third kappa shape index (κ3) is 5.65. The maximum atomic E-state index is 10.5. The molecule has 1 aliphatic rings. The second-order valence-electron chi connectivity index (χ2n) is 7.97. The van der Waals surface area contributed by atoms with Gasteiger partial charge < -0.3 is 15.2 Å². The van der Waals surface area contributed by atoms with Crippen molar-refractivity contribution < 1.29 is 9.84 Å². The number of benzene rings is 2. The Morgan fingerprint density at radius 2 is 1.56 bits per heavy atom. The smallest absolute Gasteiger partial charge is 0.108 e. The molecule has 0 spiro atoms. The fourth-order valence-corrected chi connectivity index (χ4v) is 4.06. The van der Waals surface area contributed by atoms with E-state index in [9.17, 15) is 5.11 Å². The van der Waals surface area contributed by atoms with Crippen molar-refractivity contribution in [1.29, 1.82) is 0 Å². The third-order valence-corrected chi connectivity index (χ3v) is 5.98. The standard InChI is InChI=1S/C24H33NO2/c1-18-10-9-15-23(19(18)2)25-16-22(26)17-27-24(20-11-5-3-6-12-20)21-13-7-4-8-14-21/h3-8,11-14,18-19,22-26H,9-10,15-17H2,1-2H3. The first-order chi connectivity index (χ1) is 13.1. The predicted octanol–water partition coefficient (Wildman–Crippen LogP) is 4.57. The minimum Gasteiger partial charge on any atom is -0.389 e. The molecule has 146 valence electrons. The summed E-state index contributed by atoms with van der Waals surface area (Å²) in [7, 11) is 0. The molecule has 0 aliphatic heterocycles. The molecule has 0 saturated heterocycles. The zero-order valence-corrected chi connectivity index (χ0v) is 16.6. The molecule has 0 radical (unpaired) electrons. The Morgan fingerprint density at radius 1 is 0.963 bits per heavy atom. The molecule has 3 nitrogen and oxygen atoms in total. The third-order valence-electron chi connectivity index (χ3n) is 5.98. The van der Waals surface area contributed by atoms with Crippen LogP contribution in [-0.4, -0.2) is 30.4 Å². The van der Waals surface area contributed by atoms with Crippen molar-refractivity contribution in [2.45, 2.75) is 51.4 Å². The molecular formula is C24H33NO2. The van der Waals surface area contributed by atoms with Crippen molar-refractivity contribution in [3.63, 3.8) is 0 Å². The van der Waals surface area contributed by atoms with E-state index in [1.165, 1.54) is 19.3 Å². The van der Waals surface area contributed by atoms with E-state index in [-0.39, 0.29) is 6.10 Å². The molecule has 2 N–H and O–H groups in total. The highest BCUT2D eigenvalue weighted by molar-refractivity contribution is 5.29. The van der Waals surface area contributed by atoms with Crippen LogP contribution in [0.4, 0.5) is 0 Å². The molecule has 3 rings (SSSR count). The van der Waals surface area contributed by atoms with Gasteiger partial charge in [0.2, 0.25) is 0 Å². The highest BCUT2D eigenvalue weighted by Crippen LogP contribution is 2.29. The van der Waals surface area contributed by atoms with Gasteiger partial charge in [-0.05, 0) is 29.4 Å². The van der Waals surface area contributed by atoms with Crippen LogP contribution in [0.3, 0.4) is 0 Å². The van der Waals surface area contributed by atoms with Gasteiger partial charge in [0.15, 0.2) is 0 Å². The number of hydrogen-bond donors (Lipinski definition) is 2. The Morgan fingerprint density at radius 3 is 2.15 bits per heavy atom. The zero-order chi connectivity index (χ0) is 19.1. The monoisotopic (exact) mass is 367 g/mol. The van der Waals surface area contributed by atoms with Crippen LogP contribution in [0.15, 0.2) is 60.7 Å². The highest BCUT2D eigenvalue weighted by atomic mass is 16.5. The van der Waals surface area contributed by atoms with Crippen LogP contribution in [0.5, 0.6) is 0 Å². The van der Waals surface area contributed by atoms with Gasteiger partial charge in [0, 0.05) is 12.6 Å². The van der Waals surface area contributed by atoms with Crippen molar-refractivity contribution in [2.24, 2.45) is 11.8 Å². The molecule has 2 aromatic carbocycles. The van der Waals surface area contributed by atoms with Gasteiger partial charge in [-0.1, -0.05) is 87.4 Å². The molecule has 4 unspecified atom stereocenters. The number of hydrogen-bond acceptors (Lipinski definition) is 3. The lowest BCUT2D eigenvalue weighted by molar-refractivity contribution is 0.00387. The van der Waals surface area contributed by atoms with Crippen LogP contribution in [-0.2, 0) is 4.74 Å². The van der Waals surface area contributed by atoms with Crippen LogP contribution in [0.1, 0.15) is 50.3 Å². The van der Waals surface area contributed by atoms with E-state index in [4.69, 9.17) is 4.74 Å². The molecule has 0 heterocycles. The number of aliphatic hydroxyl groups excluding tert-OH is 1. The van der Waals surface area contributed by atoms with Crippen LogP contribution in [0.2, 0.25) is 0 Å². The van der Waals surface area contributed by atoms with E-state index in [0.717, 1.165) is 17.0 Å².